The van der Waals surface area contributed by atoms with E-state index in [2.05, 4.69) is 16.8 Å². The van der Waals surface area contributed by atoms with E-state index >= 15 is 0 Å². The minimum absolute atomic E-state index is 0.106. The first-order valence-corrected chi connectivity index (χ1v) is 7.53. The van der Waals surface area contributed by atoms with Gasteiger partial charge in [0.2, 0.25) is 0 Å². The largest absolute Gasteiger partial charge is 0.496 e. The number of hydrogen-bond acceptors (Lipinski definition) is 4. The predicted octanol–water partition coefficient (Wildman–Crippen LogP) is 2.19. The molecule has 110 valence electrons. The Balaban J connectivity index is 1.82. The Kier molecular flexibility index (Phi) is 3.69. The maximum Gasteiger partial charge on any atom is 0.128 e. The van der Waals surface area contributed by atoms with Crippen LogP contribution in [0.1, 0.15) is 42.5 Å². The molecule has 2 aliphatic heterocycles. The molecule has 4 nitrogen and oxygen atoms in total. The van der Waals surface area contributed by atoms with Gasteiger partial charge in [0.05, 0.1) is 18.9 Å². The van der Waals surface area contributed by atoms with Crippen LogP contribution in [-0.2, 0) is 6.54 Å². The monoisotopic (exact) mass is 276 g/mol. The molecule has 2 bridgehead atoms. The number of aromatic nitrogens is 1. The number of rotatable bonds is 3. The highest BCUT2D eigenvalue weighted by Gasteiger charge is 2.40. The number of ether oxygens (including phenoxy) is 1. The summed E-state index contributed by atoms with van der Waals surface area (Å²) in [5, 5.41) is 9.88. The Labute approximate surface area is 120 Å². The molecule has 20 heavy (non-hydrogen) atoms. The summed E-state index contributed by atoms with van der Waals surface area (Å²) in [7, 11) is 1.72. The molecule has 2 saturated heterocycles. The number of pyridine rings is 1. The van der Waals surface area contributed by atoms with Gasteiger partial charge < -0.3 is 9.84 Å². The number of methoxy groups -OCH3 is 1. The zero-order valence-electron chi connectivity index (χ0n) is 12.6. The van der Waals surface area contributed by atoms with E-state index in [1.54, 1.807) is 7.11 Å². The van der Waals surface area contributed by atoms with E-state index in [0.717, 1.165) is 42.0 Å². The molecule has 0 amide bonds. The van der Waals surface area contributed by atoms with Gasteiger partial charge in [-0.3, -0.25) is 9.88 Å². The zero-order chi connectivity index (χ0) is 14.3. The second kappa shape index (κ2) is 5.34. The summed E-state index contributed by atoms with van der Waals surface area (Å²) in [5.41, 5.74) is 3.35. The second-order valence-corrected chi connectivity index (χ2v) is 6.23. The number of aliphatic hydroxyl groups is 1. The number of fused-ring (bicyclic) bond motifs is 2. The average molecular weight is 276 g/mol. The molecule has 1 N–H and O–H groups in total. The Morgan fingerprint density at radius 2 is 1.95 bits per heavy atom. The van der Waals surface area contributed by atoms with Crippen LogP contribution in [0.25, 0.3) is 0 Å². The van der Waals surface area contributed by atoms with Gasteiger partial charge in [-0.2, -0.15) is 0 Å². The van der Waals surface area contributed by atoms with Gasteiger partial charge in [-0.1, -0.05) is 0 Å². The van der Waals surface area contributed by atoms with E-state index in [9.17, 15) is 5.11 Å². The van der Waals surface area contributed by atoms with Gasteiger partial charge in [0.1, 0.15) is 5.75 Å². The predicted molar refractivity (Wildman–Crippen MR) is 77.9 cm³/mol. The van der Waals surface area contributed by atoms with Crippen molar-refractivity contribution in [2.75, 3.05) is 7.11 Å². The minimum atomic E-state index is -0.106. The first-order valence-electron chi connectivity index (χ1n) is 7.53. The molecule has 0 aliphatic carbocycles. The van der Waals surface area contributed by atoms with Crippen molar-refractivity contribution in [1.29, 1.82) is 0 Å². The summed E-state index contributed by atoms with van der Waals surface area (Å²) in [6.45, 7) is 5.00. The van der Waals surface area contributed by atoms with E-state index < -0.39 is 0 Å². The van der Waals surface area contributed by atoms with Crippen LogP contribution >= 0.6 is 0 Å². The first-order chi connectivity index (χ1) is 9.60. The molecule has 0 aromatic carbocycles. The lowest BCUT2D eigenvalue weighted by atomic mass is 9.99. The molecule has 2 unspecified atom stereocenters. The highest BCUT2D eigenvalue weighted by molar-refractivity contribution is 5.41. The van der Waals surface area contributed by atoms with Crippen molar-refractivity contribution in [1.82, 2.24) is 9.88 Å². The fourth-order valence-corrected chi connectivity index (χ4v) is 3.91. The zero-order valence-corrected chi connectivity index (χ0v) is 12.6. The van der Waals surface area contributed by atoms with Crippen molar-refractivity contribution in [3.8, 4) is 5.75 Å². The van der Waals surface area contributed by atoms with Crippen molar-refractivity contribution in [2.24, 2.45) is 0 Å². The molecule has 0 radical (unpaired) electrons. The van der Waals surface area contributed by atoms with Crippen LogP contribution in [0.4, 0.5) is 0 Å². The lowest BCUT2D eigenvalue weighted by Crippen LogP contribution is -2.44. The van der Waals surface area contributed by atoms with Gasteiger partial charge >= 0.3 is 0 Å². The third-order valence-electron chi connectivity index (χ3n) is 4.94. The van der Waals surface area contributed by atoms with E-state index in [0.29, 0.717) is 12.1 Å². The SMILES string of the molecule is COc1c(C)cnc(CN2C3CCC2CC(O)C3)c1C. The topological polar surface area (TPSA) is 45.6 Å². The van der Waals surface area contributed by atoms with Crippen LogP contribution in [0.3, 0.4) is 0 Å². The highest BCUT2D eigenvalue weighted by atomic mass is 16.5. The van der Waals surface area contributed by atoms with E-state index in [1.165, 1.54) is 12.8 Å². The quantitative estimate of drug-likeness (QED) is 0.919. The summed E-state index contributed by atoms with van der Waals surface area (Å²) >= 11 is 0. The van der Waals surface area contributed by atoms with Crippen molar-refractivity contribution in [3.05, 3.63) is 23.0 Å². The van der Waals surface area contributed by atoms with Crippen LogP contribution in [0, 0.1) is 13.8 Å². The van der Waals surface area contributed by atoms with Crippen LogP contribution in [-0.4, -0.2) is 40.3 Å². The number of aliphatic hydroxyl groups excluding tert-OH is 1. The Morgan fingerprint density at radius 3 is 2.55 bits per heavy atom. The smallest absolute Gasteiger partial charge is 0.128 e. The van der Waals surface area contributed by atoms with Gasteiger partial charge in [-0.15, -0.1) is 0 Å². The highest BCUT2D eigenvalue weighted by Crippen LogP contribution is 2.37. The maximum atomic E-state index is 9.88. The van der Waals surface area contributed by atoms with Gasteiger partial charge in [0, 0.05) is 36.0 Å². The lowest BCUT2D eigenvalue weighted by Gasteiger charge is -2.37. The number of nitrogens with zero attached hydrogens (tertiary/aromatic N) is 2. The molecule has 1 aromatic rings. The molecule has 0 saturated carbocycles. The third-order valence-corrected chi connectivity index (χ3v) is 4.94. The van der Waals surface area contributed by atoms with Crippen molar-refractivity contribution >= 4 is 0 Å². The summed E-state index contributed by atoms with van der Waals surface area (Å²) in [4.78, 5) is 7.15. The van der Waals surface area contributed by atoms with Crippen molar-refractivity contribution < 1.29 is 9.84 Å². The summed E-state index contributed by atoms with van der Waals surface area (Å²) in [5.74, 6) is 0.958. The molecule has 1 aromatic heterocycles. The van der Waals surface area contributed by atoms with E-state index in [1.807, 2.05) is 13.1 Å². The van der Waals surface area contributed by atoms with Crippen LogP contribution in [0.5, 0.6) is 5.75 Å². The lowest BCUT2D eigenvalue weighted by molar-refractivity contribution is 0.0302. The molecular formula is C16H24N2O2. The van der Waals surface area contributed by atoms with Crippen molar-refractivity contribution in [2.45, 2.75) is 64.3 Å². The second-order valence-electron chi connectivity index (χ2n) is 6.23. The van der Waals surface area contributed by atoms with Gasteiger partial charge in [0.25, 0.3) is 0 Å². The Hall–Kier alpha value is -1.13. The normalized spacial score (nSPS) is 29.7. The summed E-state index contributed by atoms with van der Waals surface area (Å²) in [6, 6.07) is 1.05. The molecule has 3 rings (SSSR count). The van der Waals surface area contributed by atoms with Crippen molar-refractivity contribution in [3.63, 3.8) is 0 Å². The standard InChI is InChI=1S/C16H24N2O2/c1-10-8-17-15(11(2)16(10)20-3)9-18-12-4-5-13(18)7-14(19)6-12/h8,12-14,19H,4-7,9H2,1-3H3. The summed E-state index contributed by atoms with van der Waals surface area (Å²) in [6.07, 6.45) is 6.05. The fraction of sp³-hybridized carbons (Fsp3) is 0.688. The molecule has 2 fully saturated rings. The molecule has 3 heterocycles. The van der Waals surface area contributed by atoms with Crippen LogP contribution < -0.4 is 4.74 Å². The molecule has 2 atom stereocenters. The Bertz CT molecular complexity index is 489. The number of hydrogen-bond donors (Lipinski definition) is 1. The van der Waals surface area contributed by atoms with Gasteiger partial charge in [-0.05, 0) is 39.5 Å². The number of piperidine rings is 1. The van der Waals surface area contributed by atoms with Crippen LogP contribution in [0.15, 0.2) is 6.20 Å². The first kappa shape index (κ1) is 13.8. The Morgan fingerprint density at radius 1 is 1.30 bits per heavy atom. The molecule has 2 aliphatic rings. The van der Waals surface area contributed by atoms with E-state index in [-0.39, 0.29) is 6.10 Å². The third kappa shape index (κ3) is 2.31. The molecular weight excluding hydrogens is 252 g/mol. The fourth-order valence-electron chi connectivity index (χ4n) is 3.91. The van der Waals surface area contributed by atoms with Gasteiger partial charge in [0.15, 0.2) is 0 Å². The maximum absolute atomic E-state index is 9.88. The van der Waals surface area contributed by atoms with Gasteiger partial charge in [-0.25, -0.2) is 0 Å². The summed E-state index contributed by atoms with van der Waals surface area (Å²) < 4.78 is 5.49. The van der Waals surface area contributed by atoms with Crippen LogP contribution in [0.2, 0.25) is 0 Å². The average Bonchev–Trinajstić information content (AvgIpc) is 2.65. The number of aryl methyl sites for hydroxylation is 1. The molecule has 0 spiro atoms. The van der Waals surface area contributed by atoms with E-state index in [4.69, 9.17) is 4.74 Å². The molecule has 4 heteroatoms. The minimum Gasteiger partial charge on any atom is -0.496 e.